The number of para-hydroxylation sites is 1. The van der Waals surface area contributed by atoms with Crippen LogP contribution in [-0.2, 0) is 6.18 Å². The van der Waals surface area contributed by atoms with Crippen molar-refractivity contribution in [2.24, 2.45) is 0 Å². The van der Waals surface area contributed by atoms with Gasteiger partial charge in [0.2, 0.25) is 5.69 Å². The van der Waals surface area contributed by atoms with Crippen molar-refractivity contribution in [3.8, 4) is 35.0 Å². The lowest BCUT2D eigenvalue weighted by Gasteiger charge is -2.10. The van der Waals surface area contributed by atoms with Crippen LogP contribution < -0.4 is 4.74 Å². The molecule has 0 spiro atoms. The summed E-state index contributed by atoms with van der Waals surface area (Å²) in [6, 6.07) is 17.2. The van der Waals surface area contributed by atoms with E-state index in [9.17, 15) is 13.2 Å². The molecule has 25 heavy (non-hydrogen) atoms. The highest BCUT2D eigenvalue weighted by Crippen LogP contribution is 2.42. The Kier molecular flexibility index (Phi) is 4.48. The summed E-state index contributed by atoms with van der Waals surface area (Å²) in [6.07, 6.45) is 0.486. The van der Waals surface area contributed by atoms with Gasteiger partial charge in [0.15, 0.2) is 5.75 Å². The summed E-state index contributed by atoms with van der Waals surface area (Å²) < 4.78 is 47.0. The normalized spacial score (nSPS) is 11.1. The average Bonchev–Trinajstić information content (AvgIpc) is 3.01. The molecule has 0 radical (unpaired) electrons. The number of ether oxygens (including phenoxy) is 1. The second kappa shape index (κ2) is 6.73. The number of hydrogen-bond acceptors (Lipinski definition) is 2. The lowest BCUT2D eigenvalue weighted by atomic mass is 10.1. The molecule has 0 amide bonds. The van der Waals surface area contributed by atoms with Gasteiger partial charge in [-0.25, -0.2) is 4.68 Å². The quantitative estimate of drug-likeness (QED) is 0.650. The minimum atomic E-state index is -4.67. The van der Waals surface area contributed by atoms with Crippen LogP contribution in [0.1, 0.15) is 5.69 Å². The molecular formula is C19H13F3N2O. The van der Waals surface area contributed by atoms with Gasteiger partial charge in [-0.15, -0.1) is 6.42 Å². The van der Waals surface area contributed by atoms with Crippen LogP contribution in [0.5, 0.6) is 5.75 Å². The van der Waals surface area contributed by atoms with E-state index in [0.717, 1.165) is 0 Å². The first-order valence-electron chi connectivity index (χ1n) is 7.39. The monoisotopic (exact) mass is 342 g/mol. The number of rotatable bonds is 4. The summed E-state index contributed by atoms with van der Waals surface area (Å²) in [6.45, 7) is -0.288. The second-order valence-electron chi connectivity index (χ2n) is 5.13. The Hall–Kier alpha value is -3.20. The highest BCUT2D eigenvalue weighted by molar-refractivity contribution is 5.70. The molecule has 3 nitrogen and oxygen atoms in total. The Balaban J connectivity index is 2.31. The van der Waals surface area contributed by atoms with E-state index >= 15 is 0 Å². The van der Waals surface area contributed by atoms with E-state index in [1.54, 1.807) is 60.7 Å². The third kappa shape index (κ3) is 3.36. The van der Waals surface area contributed by atoms with Crippen LogP contribution >= 0.6 is 0 Å². The fourth-order valence-corrected chi connectivity index (χ4v) is 2.45. The number of hydrogen-bond donors (Lipinski definition) is 0. The maximum Gasteiger partial charge on any atom is 0.438 e. The Morgan fingerprint density at radius 3 is 2.16 bits per heavy atom. The minimum Gasteiger partial charge on any atom is -0.476 e. The standard InChI is InChI=1S/C19H13F3N2O/c1-2-13-25-17-16(14-9-5-3-6-10-14)24(15-11-7-4-8-12-15)23-18(17)19(20,21)22/h1,3-12H,13H2. The number of alkyl halides is 3. The maximum atomic E-state index is 13.5. The summed E-state index contributed by atoms with van der Waals surface area (Å²) in [4.78, 5) is 0. The molecule has 126 valence electrons. The SMILES string of the molecule is C#CCOc1c(C(F)(F)F)nn(-c2ccccc2)c1-c1ccccc1. The highest BCUT2D eigenvalue weighted by Gasteiger charge is 2.41. The maximum absolute atomic E-state index is 13.5. The first kappa shape index (κ1) is 16.7. The van der Waals surface area contributed by atoms with Crippen LogP contribution in [0.2, 0.25) is 0 Å². The largest absolute Gasteiger partial charge is 0.476 e. The predicted octanol–water partition coefficient (Wildman–Crippen LogP) is 4.57. The van der Waals surface area contributed by atoms with Gasteiger partial charge in [-0.05, 0) is 12.1 Å². The molecule has 0 atom stereocenters. The van der Waals surface area contributed by atoms with Gasteiger partial charge in [-0.2, -0.15) is 18.3 Å². The van der Waals surface area contributed by atoms with Crippen molar-refractivity contribution >= 4 is 0 Å². The number of aromatic nitrogens is 2. The summed E-state index contributed by atoms with van der Waals surface area (Å²) >= 11 is 0. The molecule has 2 aromatic carbocycles. The number of halogens is 3. The van der Waals surface area contributed by atoms with Gasteiger partial charge in [-0.3, -0.25) is 0 Å². The molecule has 1 heterocycles. The van der Waals surface area contributed by atoms with Gasteiger partial charge in [-0.1, -0.05) is 54.5 Å². The van der Waals surface area contributed by atoms with E-state index in [1.807, 2.05) is 0 Å². The molecule has 3 aromatic rings. The van der Waals surface area contributed by atoms with Crippen LogP contribution in [-0.4, -0.2) is 16.4 Å². The minimum absolute atomic E-state index is 0.203. The summed E-state index contributed by atoms with van der Waals surface area (Å²) in [7, 11) is 0. The van der Waals surface area contributed by atoms with Gasteiger partial charge >= 0.3 is 6.18 Å². The van der Waals surface area contributed by atoms with Crippen LogP contribution in [0.25, 0.3) is 16.9 Å². The van der Waals surface area contributed by atoms with E-state index in [1.165, 1.54) is 4.68 Å². The Bertz CT molecular complexity index is 894. The number of benzene rings is 2. The number of terminal acetylenes is 1. The molecular weight excluding hydrogens is 329 g/mol. The Morgan fingerprint density at radius 2 is 1.60 bits per heavy atom. The van der Waals surface area contributed by atoms with Gasteiger partial charge in [0, 0.05) is 5.56 Å². The molecule has 0 aliphatic heterocycles. The molecule has 0 bridgehead atoms. The first-order chi connectivity index (χ1) is 12.0. The average molecular weight is 342 g/mol. The molecule has 0 aliphatic carbocycles. The van der Waals surface area contributed by atoms with Gasteiger partial charge in [0.25, 0.3) is 0 Å². The smallest absolute Gasteiger partial charge is 0.438 e. The Morgan fingerprint density at radius 1 is 1.00 bits per heavy atom. The zero-order chi connectivity index (χ0) is 17.9. The van der Waals surface area contributed by atoms with E-state index in [4.69, 9.17) is 11.2 Å². The second-order valence-corrected chi connectivity index (χ2v) is 5.13. The van der Waals surface area contributed by atoms with Crippen molar-refractivity contribution in [3.63, 3.8) is 0 Å². The molecule has 6 heteroatoms. The van der Waals surface area contributed by atoms with E-state index in [2.05, 4.69) is 11.0 Å². The van der Waals surface area contributed by atoms with Gasteiger partial charge < -0.3 is 4.74 Å². The van der Waals surface area contributed by atoms with Crippen molar-refractivity contribution in [2.75, 3.05) is 6.61 Å². The summed E-state index contributed by atoms with van der Waals surface area (Å²) in [5, 5.41) is 3.78. The van der Waals surface area contributed by atoms with Gasteiger partial charge in [0.05, 0.1) is 5.69 Å². The molecule has 0 unspecified atom stereocenters. The summed E-state index contributed by atoms with van der Waals surface area (Å²) in [5.74, 6) is 1.82. The van der Waals surface area contributed by atoms with E-state index < -0.39 is 11.9 Å². The van der Waals surface area contributed by atoms with Crippen LogP contribution in [0.3, 0.4) is 0 Å². The van der Waals surface area contributed by atoms with Crippen LogP contribution in [0, 0.1) is 12.3 Å². The summed E-state index contributed by atoms with van der Waals surface area (Å²) in [5.41, 5.74) is 0.128. The third-order valence-electron chi connectivity index (χ3n) is 3.46. The van der Waals surface area contributed by atoms with Crippen molar-refractivity contribution in [3.05, 3.63) is 66.4 Å². The molecule has 0 fully saturated rings. The van der Waals surface area contributed by atoms with Crippen molar-refractivity contribution in [1.29, 1.82) is 0 Å². The van der Waals surface area contributed by atoms with E-state index in [0.29, 0.717) is 11.3 Å². The van der Waals surface area contributed by atoms with Crippen molar-refractivity contribution < 1.29 is 17.9 Å². The zero-order valence-electron chi connectivity index (χ0n) is 13.0. The lowest BCUT2D eigenvalue weighted by molar-refractivity contribution is -0.142. The zero-order valence-corrected chi connectivity index (χ0v) is 13.0. The highest BCUT2D eigenvalue weighted by atomic mass is 19.4. The molecule has 0 N–H and O–H groups in total. The van der Waals surface area contributed by atoms with Crippen LogP contribution in [0.15, 0.2) is 60.7 Å². The van der Waals surface area contributed by atoms with Gasteiger partial charge in [0.1, 0.15) is 12.3 Å². The molecule has 0 aliphatic rings. The molecule has 0 saturated carbocycles. The fraction of sp³-hybridized carbons (Fsp3) is 0.105. The Labute approximate surface area is 142 Å². The predicted molar refractivity (Wildman–Crippen MR) is 88.3 cm³/mol. The first-order valence-corrected chi connectivity index (χ1v) is 7.39. The lowest BCUT2D eigenvalue weighted by Crippen LogP contribution is -2.09. The van der Waals surface area contributed by atoms with Crippen LogP contribution in [0.4, 0.5) is 13.2 Å². The van der Waals surface area contributed by atoms with Crippen molar-refractivity contribution in [1.82, 2.24) is 9.78 Å². The third-order valence-corrected chi connectivity index (χ3v) is 3.46. The topological polar surface area (TPSA) is 27.1 Å². The molecule has 1 aromatic heterocycles. The number of nitrogens with zero attached hydrogens (tertiary/aromatic N) is 2. The fourth-order valence-electron chi connectivity index (χ4n) is 2.45. The van der Waals surface area contributed by atoms with Crippen molar-refractivity contribution in [2.45, 2.75) is 6.18 Å². The van der Waals surface area contributed by atoms with E-state index in [-0.39, 0.29) is 18.1 Å². The molecule has 0 saturated heterocycles. The molecule has 3 rings (SSSR count).